The van der Waals surface area contributed by atoms with E-state index in [0.29, 0.717) is 58.2 Å². The predicted molar refractivity (Wildman–Crippen MR) is 121 cm³/mol. The fourth-order valence-electron chi connectivity index (χ4n) is 3.01. The van der Waals surface area contributed by atoms with Gasteiger partial charge in [-0.2, -0.15) is 5.10 Å². The van der Waals surface area contributed by atoms with E-state index < -0.39 is 0 Å². The van der Waals surface area contributed by atoms with Crippen molar-refractivity contribution in [3.05, 3.63) is 58.2 Å². The summed E-state index contributed by atoms with van der Waals surface area (Å²) in [5.41, 5.74) is 2.24. The number of methoxy groups -OCH3 is 3. The molecule has 1 aromatic heterocycles. The largest absolute Gasteiger partial charge is 0.497 e. The molecule has 0 bridgehead atoms. The highest BCUT2D eigenvalue weighted by Gasteiger charge is 2.20. The van der Waals surface area contributed by atoms with Crippen molar-refractivity contribution in [2.24, 2.45) is 0 Å². The number of ether oxygens (including phenoxy) is 3. The molecule has 0 atom stereocenters. The molecule has 0 aliphatic heterocycles. The van der Waals surface area contributed by atoms with Crippen molar-refractivity contribution >= 4 is 29.1 Å². The minimum Gasteiger partial charge on any atom is -0.497 e. The van der Waals surface area contributed by atoms with Crippen LogP contribution in [0.4, 0.5) is 0 Å². The topological polar surface area (TPSA) is 74.6 Å². The van der Waals surface area contributed by atoms with Crippen molar-refractivity contribution in [1.29, 1.82) is 0 Å². The number of amides is 1. The monoisotopic (exact) mass is 463 g/mol. The van der Waals surface area contributed by atoms with E-state index in [1.165, 1.54) is 4.68 Å². The Morgan fingerprint density at radius 3 is 2.52 bits per heavy atom. The van der Waals surface area contributed by atoms with Crippen LogP contribution < -0.4 is 14.8 Å². The van der Waals surface area contributed by atoms with Crippen LogP contribution in [0.5, 0.6) is 11.5 Å². The summed E-state index contributed by atoms with van der Waals surface area (Å²) in [5, 5.41) is 8.33. The van der Waals surface area contributed by atoms with E-state index in [1.807, 2.05) is 6.07 Å². The highest BCUT2D eigenvalue weighted by atomic mass is 35.5. The van der Waals surface area contributed by atoms with Crippen LogP contribution in [0.25, 0.3) is 16.9 Å². The molecular formula is C22H23Cl2N3O4. The van der Waals surface area contributed by atoms with Gasteiger partial charge in [-0.15, -0.1) is 0 Å². The number of hydrogen-bond acceptors (Lipinski definition) is 5. The number of rotatable bonds is 9. The molecule has 0 spiro atoms. The van der Waals surface area contributed by atoms with Gasteiger partial charge >= 0.3 is 0 Å². The molecule has 2 aromatic carbocycles. The van der Waals surface area contributed by atoms with Gasteiger partial charge in [-0.3, -0.25) is 4.79 Å². The number of halogens is 2. The van der Waals surface area contributed by atoms with Crippen LogP contribution >= 0.6 is 23.2 Å². The first kappa shape index (κ1) is 22.9. The second kappa shape index (κ2) is 10.5. The van der Waals surface area contributed by atoms with Crippen molar-refractivity contribution in [2.75, 3.05) is 34.5 Å². The summed E-state index contributed by atoms with van der Waals surface area (Å²) in [5.74, 6) is 0.958. The summed E-state index contributed by atoms with van der Waals surface area (Å²) in [6, 6.07) is 12.2. The van der Waals surface area contributed by atoms with Crippen LogP contribution in [-0.4, -0.2) is 50.2 Å². The zero-order valence-corrected chi connectivity index (χ0v) is 19.0. The summed E-state index contributed by atoms with van der Waals surface area (Å²) in [4.78, 5) is 12.9. The standard InChI is InChI=1S/C22H23Cl2N3O4/c1-29-10-4-9-25-22(28)20-13-19(16-7-6-15(30-2)12-21(16)31-3)26-27(20)14-5-8-17(23)18(24)11-14/h5-8,11-13H,4,9-10H2,1-3H3,(H,25,28). The number of hydrogen-bond donors (Lipinski definition) is 1. The van der Waals surface area contributed by atoms with Crippen molar-refractivity contribution in [3.8, 4) is 28.4 Å². The summed E-state index contributed by atoms with van der Waals surface area (Å²) in [6.07, 6.45) is 0.697. The quantitative estimate of drug-likeness (QED) is 0.468. The van der Waals surface area contributed by atoms with Crippen molar-refractivity contribution in [2.45, 2.75) is 6.42 Å². The van der Waals surface area contributed by atoms with E-state index >= 15 is 0 Å². The minimum absolute atomic E-state index is 0.270. The van der Waals surface area contributed by atoms with Crippen LogP contribution in [0.15, 0.2) is 42.5 Å². The Kier molecular flexibility index (Phi) is 7.79. The number of aromatic nitrogens is 2. The summed E-state index contributed by atoms with van der Waals surface area (Å²) < 4.78 is 17.3. The van der Waals surface area contributed by atoms with Gasteiger partial charge in [-0.1, -0.05) is 23.2 Å². The molecule has 1 heterocycles. The molecule has 0 aliphatic rings. The first-order chi connectivity index (χ1) is 15.0. The van der Waals surface area contributed by atoms with Gasteiger partial charge in [0.05, 0.1) is 35.6 Å². The van der Waals surface area contributed by atoms with Crippen LogP contribution in [0, 0.1) is 0 Å². The molecule has 164 valence electrons. The van der Waals surface area contributed by atoms with E-state index in [0.717, 1.165) is 5.56 Å². The summed E-state index contributed by atoms with van der Waals surface area (Å²) >= 11 is 12.3. The van der Waals surface area contributed by atoms with Crippen molar-refractivity contribution in [1.82, 2.24) is 15.1 Å². The number of nitrogens with one attached hydrogen (secondary N) is 1. The number of carbonyl (C=O) groups excluding carboxylic acids is 1. The maximum absolute atomic E-state index is 12.9. The van der Waals surface area contributed by atoms with Crippen molar-refractivity contribution < 1.29 is 19.0 Å². The zero-order chi connectivity index (χ0) is 22.4. The Balaban J connectivity index is 2.05. The number of carbonyl (C=O) groups is 1. The van der Waals surface area contributed by atoms with E-state index in [-0.39, 0.29) is 5.91 Å². The molecule has 0 aliphatic carbocycles. The minimum atomic E-state index is -0.270. The molecule has 0 unspecified atom stereocenters. The third-order valence-electron chi connectivity index (χ3n) is 4.59. The summed E-state index contributed by atoms with van der Waals surface area (Å²) in [6.45, 7) is 1.03. The van der Waals surface area contributed by atoms with Gasteiger partial charge in [-0.05, 0) is 42.8 Å². The van der Waals surface area contributed by atoms with Crippen LogP contribution in [-0.2, 0) is 4.74 Å². The van der Waals surface area contributed by atoms with E-state index in [2.05, 4.69) is 10.4 Å². The fraction of sp³-hybridized carbons (Fsp3) is 0.273. The maximum Gasteiger partial charge on any atom is 0.270 e. The number of nitrogens with zero attached hydrogens (tertiary/aromatic N) is 2. The van der Waals surface area contributed by atoms with Gasteiger partial charge in [-0.25, -0.2) is 4.68 Å². The third kappa shape index (κ3) is 5.31. The molecule has 0 radical (unpaired) electrons. The first-order valence-electron chi connectivity index (χ1n) is 9.53. The lowest BCUT2D eigenvalue weighted by molar-refractivity contribution is 0.0941. The van der Waals surface area contributed by atoms with Gasteiger partial charge in [0.25, 0.3) is 5.91 Å². The lowest BCUT2D eigenvalue weighted by Crippen LogP contribution is -2.27. The lowest BCUT2D eigenvalue weighted by atomic mass is 10.1. The zero-order valence-electron chi connectivity index (χ0n) is 17.4. The van der Waals surface area contributed by atoms with Crippen LogP contribution in [0.2, 0.25) is 10.0 Å². The molecule has 1 amide bonds. The molecule has 0 saturated heterocycles. The Morgan fingerprint density at radius 2 is 1.84 bits per heavy atom. The molecule has 9 heteroatoms. The molecule has 0 fully saturated rings. The van der Waals surface area contributed by atoms with Crippen LogP contribution in [0.3, 0.4) is 0 Å². The highest BCUT2D eigenvalue weighted by Crippen LogP contribution is 2.34. The maximum atomic E-state index is 12.9. The molecule has 3 aromatic rings. The van der Waals surface area contributed by atoms with E-state index in [9.17, 15) is 4.79 Å². The van der Waals surface area contributed by atoms with Gasteiger partial charge < -0.3 is 19.5 Å². The second-order valence-electron chi connectivity index (χ2n) is 6.59. The Hall–Kier alpha value is -2.74. The fourth-order valence-corrected chi connectivity index (χ4v) is 3.30. The predicted octanol–water partition coefficient (Wildman–Crippen LogP) is 4.63. The lowest BCUT2D eigenvalue weighted by Gasteiger charge is -2.09. The molecule has 31 heavy (non-hydrogen) atoms. The molecular weight excluding hydrogens is 441 g/mol. The second-order valence-corrected chi connectivity index (χ2v) is 7.41. The molecule has 0 saturated carbocycles. The van der Waals surface area contributed by atoms with Gasteiger partial charge in [0, 0.05) is 31.9 Å². The Morgan fingerprint density at radius 1 is 1.03 bits per heavy atom. The van der Waals surface area contributed by atoms with Crippen molar-refractivity contribution in [3.63, 3.8) is 0 Å². The van der Waals surface area contributed by atoms with Crippen LogP contribution in [0.1, 0.15) is 16.9 Å². The Labute approximate surface area is 190 Å². The average molecular weight is 464 g/mol. The Bertz CT molecular complexity index is 1070. The SMILES string of the molecule is COCCCNC(=O)c1cc(-c2ccc(OC)cc2OC)nn1-c1ccc(Cl)c(Cl)c1. The smallest absolute Gasteiger partial charge is 0.270 e. The van der Waals surface area contributed by atoms with E-state index in [4.69, 9.17) is 37.4 Å². The molecule has 1 N–H and O–H groups in total. The van der Waals surface area contributed by atoms with Gasteiger partial charge in [0.2, 0.25) is 0 Å². The number of benzene rings is 2. The molecule has 3 rings (SSSR count). The molecule has 7 nitrogen and oxygen atoms in total. The summed E-state index contributed by atoms with van der Waals surface area (Å²) in [7, 11) is 4.77. The third-order valence-corrected chi connectivity index (χ3v) is 5.32. The first-order valence-corrected chi connectivity index (χ1v) is 10.3. The average Bonchev–Trinajstić information content (AvgIpc) is 3.23. The highest BCUT2D eigenvalue weighted by molar-refractivity contribution is 6.42. The normalized spacial score (nSPS) is 10.7. The van der Waals surface area contributed by atoms with Gasteiger partial charge in [0.15, 0.2) is 0 Å². The van der Waals surface area contributed by atoms with E-state index in [1.54, 1.807) is 57.7 Å². The van der Waals surface area contributed by atoms with Gasteiger partial charge in [0.1, 0.15) is 17.2 Å².